The van der Waals surface area contributed by atoms with Gasteiger partial charge in [0.2, 0.25) is 17.7 Å². The van der Waals surface area contributed by atoms with Crippen molar-refractivity contribution in [2.75, 3.05) is 45.7 Å². The summed E-state index contributed by atoms with van der Waals surface area (Å²) in [6.45, 7) is 1.96. The second-order valence-electron chi connectivity index (χ2n) is 6.28. The third-order valence-electron chi connectivity index (χ3n) is 4.01. The molecule has 0 bridgehead atoms. The van der Waals surface area contributed by atoms with Gasteiger partial charge in [0.1, 0.15) is 0 Å². The Morgan fingerprint density at radius 2 is 1.79 bits per heavy atom. The number of amides is 3. The average molecular weight is 418 g/mol. The van der Waals surface area contributed by atoms with Crippen molar-refractivity contribution in [3.8, 4) is 0 Å². The van der Waals surface area contributed by atoms with Crippen LogP contribution in [0.5, 0.6) is 0 Å². The van der Waals surface area contributed by atoms with Gasteiger partial charge in [0.15, 0.2) is 17.5 Å². The van der Waals surface area contributed by atoms with Crippen LogP contribution in [0.4, 0.5) is 18.9 Å². The monoisotopic (exact) mass is 418 g/mol. The first kappa shape index (κ1) is 24.4. The van der Waals surface area contributed by atoms with Crippen LogP contribution in [0.2, 0.25) is 0 Å². The highest BCUT2D eigenvalue weighted by Gasteiger charge is 2.21. The van der Waals surface area contributed by atoms with E-state index in [4.69, 9.17) is 4.74 Å². The Labute approximate surface area is 166 Å². The molecule has 11 heteroatoms. The number of carbonyl (C=O) groups excluding carboxylic acids is 3. The summed E-state index contributed by atoms with van der Waals surface area (Å²) in [5.74, 6) is -6.25. The summed E-state index contributed by atoms with van der Waals surface area (Å²) in [5.41, 5.74) is -0.543. The van der Waals surface area contributed by atoms with Crippen LogP contribution < -0.4 is 16.0 Å². The first-order valence-electron chi connectivity index (χ1n) is 8.84. The van der Waals surface area contributed by atoms with E-state index in [-0.39, 0.29) is 12.5 Å². The van der Waals surface area contributed by atoms with E-state index in [1.54, 1.807) is 21.1 Å². The molecular formula is C18H25F3N4O4. The number of rotatable bonds is 11. The second-order valence-corrected chi connectivity index (χ2v) is 6.28. The van der Waals surface area contributed by atoms with Crippen molar-refractivity contribution < 1.29 is 32.3 Å². The summed E-state index contributed by atoms with van der Waals surface area (Å²) in [6, 6.07) is 0.812. The Bertz CT molecular complexity index is 733. The normalized spacial score (nSPS) is 11.8. The zero-order chi connectivity index (χ0) is 22.0. The minimum absolute atomic E-state index is 0.0339. The van der Waals surface area contributed by atoms with Gasteiger partial charge in [0.05, 0.1) is 24.8 Å². The van der Waals surface area contributed by atoms with Gasteiger partial charge < -0.3 is 20.7 Å². The lowest BCUT2D eigenvalue weighted by atomic mass is 10.2. The third-order valence-corrected chi connectivity index (χ3v) is 4.01. The first-order valence-corrected chi connectivity index (χ1v) is 8.84. The van der Waals surface area contributed by atoms with Crippen LogP contribution in [0, 0.1) is 17.5 Å². The number of nitrogens with one attached hydrogen (secondary N) is 3. The van der Waals surface area contributed by atoms with E-state index in [2.05, 4.69) is 10.6 Å². The largest absolute Gasteiger partial charge is 0.385 e. The molecule has 0 radical (unpaired) electrons. The molecule has 162 valence electrons. The van der Waals surface area contributed by atoms with Gasteiger partial charge in [0, 0.05) is 20.3 Å². The molecule has 1 aromatic rings. The molecule has 1 atom stereocenters. The van der Waals surface area contributed by atoms with E-state index < -0.39 is 47.5 Å². The third kappa shape index (κ3) is 8.08. The van der Waals surface area contributed by atoms with Gasteiger partial charge in [-0.05, 0) is 32.5 Å². The minimum atomic E-state index is -1.71. The van der Waals surface area contributed by atoms with Crippen molar-refractivity contribution in [1.82, 2.24) is 15.5 Å². The molecule has 3 N–H and O–H groups in total. The van der Waals surface area contributed by atoms with Gasteiger partial charge in [-0.15, -0.1) is 0 Å². The standard InChI is InChI=1S/C18H25F3N4O4/c1-11(25(2)10-15(27)22-7-4-8-29-3)18(28)23-9-14(26)24-13-6-5-12(19)16(20)17(13)21/h5-6,11H,4,7-10H2,1-3H3,(H,22,27)(H,23,28)(H,24,26). The van der Waals surface area contributed by atoms with Crippen LogP contribution >= 0.6 is 0 Å². The van der Waals surface area contributed by atoms with E-state index >= 15 is 0 Å². The highest BCUT2D eigenvalue weighted by atomic mass is 19.2. The zero-order valence-corrected chi connectivity index (χ0v) is 16.5. The number of hydrogen-bond acceptors (Lipinski definition) is 5. The van der Waals surface area contributed by atoms with Crippen molar-refractivity contribution >= 4 is 23.4 Å². The molecule has 0 aliphatic carbocycles. The molecule has 0 aromatic heterocycles. The predicted octanol–water partition coefficient (Wildman–Crippen LogP) is 0.632. The topological polar surface area (TPSA) is 99.8 Å². The van der Waals surface area contributed by atoms with Gasteiger partial charge in [-0.25, -0.2) is 13.2 Å². The molecule has 1 rings (SSSR count). The summed E-state index contributed by atoms with van der Waals surface area (Å²) < 4.78 is 44.5. The lowest BCUT2D eigenvalue weighted by Gasteiger charge is -2.23. The second kappa shape index (κ2) is 12.0. The highest BCUT2D eigenvalue weighted by molar-refractivity contribution is 5.95. The van der Waals surface area contributed by atoms with Gasteiger partial charge in [0.25, 0.3) is 0 Å². The Kier molecular flexibility index (Phi) is 10.1. The Morgan fingerprint density at radius 3 is 2.45 bits per heavy atom. The fraction of sp³-hybridized carbons (Fsp3) is 0.500. The summed E-state index contributed by atoms with van der Waals surface area (Å²) in [5, 5.41) is 7.06. The van der Waals surface area contributed by atoms with E-state index in [0.717, 1.165) is 6.07 Å². The molecule has 1 unspecified atom stereocenters. The minimum Gasteiger partial charge on any atom is -0.385 e. The molecule has 1 aromatic carbocycles. The molecule has 0 aliphatic heterocycles. The quantitative estimate of drug-likeness (QED) is 0.362. The molecule has 0 spiro atoms. The van der Waals surface area contributed by atoms with E-state index in [1.165, 1.54) is 4.90 Å². The van der Waals surface area contributed by atoms with Crippen LogP contribution in [0.3, 0.4) is 0 Å². The molecule has 0 aliphatic rings. The number of likely N-dealkylation sites (N-methyl/N-ethyl adjacent to an activating group) is 1. The maximum atomic E-state index is 13.5. The number of nitrogens with zero attached hydrogens (tertiary/aromatic N) is 1. The predicted molar refractivity (Wildman–Crippen MR) is 99.6 cm³/mol. The van der Waals surface area contributed by atoms with Crippen LogP contribution in [0.1, 0.15) is 13.3 Å². The van der Waals surface area contributed by atoms with Crippen molar-refractivity contribution in [3.63, 3.8) is 0 Å². The number of halogens is 3. The summed E-state index contributed by atoms with van der Waals surface area (Å²) >= 11 is 0. The van der Waals surface area contributed by atoms with Gasteiger partial charge in [-0.2, -0.15) is 0 Å². The molecule has 3 amide bonds. The smallest absolute Gasteiger partial charge is 0.243 e. The molecule has 0 fully saturated rings. The number of hydrogen-bond donors (Lipinski definition) is 3. The van der Waals surface area contributed by atoms with Crippen LogP contribution in [-0.4, -0.2) is 69.1 Å². The number of anilines is 1. The van der Waals surface area contributed by atoms with Crippen LogP contribution in [0.15, 0.2) is 12.1 Å². The van der Waals surface area contributed by atoms with E-state index in [0.29, 0.717) is 25.6 Å². The summed E-state index contributed by atoms with van der Waals surface area (Å²) in [6.07, 6.45) is 0.662. The van der Waals surface area contributed by atoms with Gasteiger partial charge in [-0.3, -0.25) is 19.3 Å². The molecule has 8 nitrogen and oxygen atoms in total. The number of ether oxygens (including phenoxy) is 1. The Morgan fingerprint density at radius 1 is 1.10 bits per heavy atom. The summed E-state index contributed by atoms with van der Waals surface area (Å²) in [4.78, 5) is 37.2. The van der Waals surface area contributed by atoms with Crippen molar-refractivity contribution in [2.24, 2.45) is 0 Å². The SMILES string of the molecule is COCCCNC(=O)CN(C)C(C)C(=O)NCC(=O)Nc1ccc(F)c(F)c1F. The zero-order valence-electron chi connectivity index (χ0n) is 16.5. The van der Waals surface area contributed by atoms with Gasteiger partial charge >= 0.3 is 0 Å². The molecule has 0 saturated heterocycles. The number of carbonyl (C=O) groups is 3. The lowest BCUT2D eigenvalue weighted by molar-refractivity contribution is -0.129. The number of methoxy groups -OCH3 is 1. The average Bonchev–Trinajstić information content (AvgIpc) is 2.69. The lowest BCUT2D eigenvalue weighted by Crippen LogP contribution is -2.48. The van der Waals surface area contributed by atoms with E-state index in [9.17, 15) is 27.6 Å². The fourth-order valence-electron chi connectivity index (χ4n) is 2.20. The molecule has 0 saturated carbocycles. The Balaban J connectivity index is 2.43. The summed E-state index contributed by atoms with van der Waals surface area (Å²) in [7, 11) is 3.13. The number of benzene rings is 1. The maximum Gasteiger partial charge on any atom is 0.243 e. The molecule has 29 heavy (non-hydrogen) atoms. The van der Waals surface area contributed by atoms with Crippen LogP contribution in [-0.2, 0) is 19.1 Å². The van der Waals surface area contributed by atoms with Crippen LogP contribution in [0.25, 0.3) is 0 Å². The molecule has 0 heterocycles. The van der Waals surface area contributed by atoms with Gasteiger partial charge in [-0.1, -0.05) is 0 Å². The molecular weight excluding hydrogens is 393 g/mol. The maximum absolute atomic E-state index is 13.5. The first-order chi connectivity index (χ1) is 13.7. The highest BCUT2D eigenvalue weighted by Crippen LogP contribution is 2.19. The Hall–Kier alpha value is -2.66. The van der Waals surface area contributed by atoms with Crippen molar-refractivity contribution in [2.45, 2.75) is 19.4 Å². The van der Waals surface area contributed by atoms with Crippen molar-refractivity contribution in [1.29, 1.82) is 0 Å². The van der Waals surface area contributed by atoms with Crippen molar-refractivity contribution in [3.05, 3.63) is 29.6 Å². The fourth-order valence-corrected chi connectivity index (χ4v) is 2.20. The van der Waals surface area contributed by atoms with E-state index in [1.807, 2.05) is 5.32 Å².